The van der Waals surface area contributed by atoms with Crippen molar-refractivity contribution in [2.24, 2.45) is 0 Å². The van der Waals surface area contributed by atoms with E-state index in [9.17, 15) is 13.2 Å². The van der Waals surface area contributed by atoms with Crippen LogP contribution in [-0.2, 0) is 14.6 Å². The SMILES string of the molecule is CNCC(=O)c1ccc(S(=O)(=O)C2COC2)cc1. The van der Waals surface area contributed by atoms with Crippen molar-refractivity contribution >= 4 is 15.6 Å². The average Bonchev–Trinajstić information content (AvgIpc) is 2.26. The van der Waals surface area contributed by atoms with Crippen molar-refractivity contribution in [3.63, 3.8) is 0 Å². The number of Topliss-reactive ketones (excluding diaryl/α,β-unsaturated/α-hetero) is 1. The van der Waals surface area contributed by atoms with Crippen LogP contribution in [0.5, 0.6) is 0 Å². The monoisotopic (exact) mass is 269 g/mol. The minimum absolute atomic E-state index is 0.0616. The molecule has 0 aromatic heterocycles. The summed E-state index contributed by atoms with van der Waals surface area (Å²) in [4.78, 5) is 11.8. The third-order valence-corrected chi connectivity index (χ3v) is 4.97. The van der Waals surface area contributed by atoms with E-state index in [-0.39, 0.29) is 30.4 Å². The molecule has 98 valence electrons. The number of hydrogen-bond donors (Lipinski definition) is 1. The summed E-state index contributed by atoms with van der Waals surface area (Å²) in [6.07, 6.45) is 0. The summed E-state index contributed by atoms with van der Waals surface area (Å²) >= 11 is 0. The molecule has 1 aliphatic heterocycles. The van der Waals surface area contributed by atoms with E-state index in [0.717, 1.165) is 0 Å². The van der Waals surface area contributed by atoms with Crippen LogP contribution in [0.2, 0.25) is 0 Å². The summed E-state index contributed by atoms with van der Waals surface area (Å²) in [6, 6.07) is 6.06. The first-order valence-electron chi connectivity index (χ1n) is 5.65. The number of carbonyl (C=O) groups is 1. The van der Waals surface area contributed by atoms with Crippen molar-refractivity contribution in [3.8, 4) is 0 Å². The molecule has 0 atom stereocenters. The molecule has 1 aliphatic rings. The van der Waals surface area contributed by atoms with Crippen molar-refractivity contribution in [3.05, 3.63) is 29.8 Å². The van der Waals surface area contributed by atoms with Gasteiger partial charge in [-0.2, -0.15) is 0 Å². The van der Waals surface area contributed by atoms with Gasteiger partial charge in [-0.25, -0.2) is 8.42 Å². The van der Waals surface area contributed by atoms with Gasteiger partial charge in [-0.3, -0.25) is 4.79 Å². The van der Waals surface area contributed by atoms with Gasteiger partial charge in [-0.1, -0.05) is 12.1 Å². The molecule has 1 aromatic rings. The van der Waals surface area contributed by atoms with E-state index in [1.54, 1.807) is 19.2 Å². The minimum Gasteiger partial charge on any atom is -0.379 e. The molecular formula is C12H15NO4S. The Morgan fingerprint density at radius 2 is 1.94 bits per heavy atom. The lowest BCUT2D eigenvalue weighted by Gasteiger charge is -2.25. The highest BCUT2D eigenvalue weighted by Crippen LogP contribution is 2.21. The fourth-order valence-corrected chi connectivity index (χ4v) is 3.13. The molecule has 0 bridgehead atoms. The van der Waals surface area contributed by atoms with Gasteiger partial charge in [0, 0.05) is 5.56 Å². The molecule has 1 saturated heterocycles. The smallest absolute Gasteiger partial charge is 0.185 e. The van der Waals surface area contributed by atoms with Gasteiger partial charge in [-0.05, 0) is 19.2 Å². The molecule has 18 heavy (non-hydrogen) atoms. The summed E-state index contributed by atoms with van der Waals surface area (Å²) in [6.45, 7) is 0.744. The zero-order valence-corrected chi connectivity index (χ0v) is 10.9. The lowest BCUT2D eigenvalue weighted by Crippen LogP contribution is -2.40. The molecule has 6 heteroatoms. The number of hydrogen-bond acceptors (Lipinski definition) is 5. The second-order valence-electron chi connectivity index (χ2n) is 4.18. The van der Waals surface area contributed by atoms with Gasteiger partial charge >= 0.3 is 0 Å². The second-order valence-corrected chi connectivity index (χ2v) is 6.41. The Labute approximate surface area is 106 Å². The molecular weight excluding hydrogens is 254 g/mol. The standard InChI is InChI=1S/C12H15NO4S/c1-13-6-12(14)9-2-4-10(5-3-9)18(15,16)11-7-17-8-11/h2-5,11,13H,6-8H2,1H3. The second kappa shape index (κ2) is 5.17. The van der Waals surface area contributed by atoms with Gasteiger partial charge in [0.25, 0.3) is 0 Å². The average molecular weight is 269 g/mol. The summed E-state index contributed by atoms with van der Waals surface area (Å²) < 4.78 is 29.0. The largest absolute Gasteiger partial charge is 0.379 e. The highest BCUT2D eigenvalue weighted by atomic mass is 32.2. The summed E-state index contributed by atoms with van der Waals surface area (Å²) in [5, 5.41) is 2.32. The van der Waals surface area contributed by atoms with Gasteiger partial charge in [0.15, 0.2) is 15.6 Å². The quantitative estimate of drug-likeness (QED) is 0.776. The van der Waals surface area contributed by atoms with Crippen molar-refractivity contribution in [1.82, 2.24) is 5.32 Å². The zero-order chi connectivity index (χ0) is 13.2. The Bertz CT molecular complexity index is 532. The Kier molecular flexibility index (Phi) is 3.79. The summed E-state index contributed by atoms with van der Waals surface area (Å²) in [5.41, 5.74) is 0.508. The first-order chi connectivity index (χ1) is 8.55. The number of likely N-dealkylation sites (N-methyl/N-ethyl adjacent to an activating group) is 1. The van der Waals surface area contributed by atoms with E-state index < -0.39 is 15.1 Å². The highest BCUT2D eigenvalue weighted by Gasteiger charge is 2.33. The van der Waals surface area contributed by atoms with Gasteiger partial charge in [-0.15, -0.1) is 0 Å². The molecule has 1 aromatic carbocycles. The van der Waals surface area contributed by atoms with Crippen LogP contribution in [-0.4, -0.2) is 46.3 Å². The molecule has 1 heterocycles. The van der Waals surface area contributed by atoms with E-state index in [1.807, 2.05) is 0 Å². The lowest BCUT2D eigenvalue weighted by molar-refractivity contribution is 0.0416. The predicted molar refractivity (Wildman–Crippen MR) is 66.5 cm³/mol. The number of ether oxygens (including phenoxy) is 1. The van der Waals surface area contributed by atoms with Crippen LogP contribution >= 0.6 is 0 Å². The number of rotatable bonds is 5. The molecule has 0 unspecified atom stereocenters. The maximum absolute atomic E-state index is 12.0. The summed E-state index contributed by atoms with van der Waals surface area (Å²) in [7, 11) is -1.62. The van der Waals surface area contributed by atoms with Crippen LogP contribution in [0.1, 0.15) is 10.4 Å². The fourth-order valence-electron chi connectivity index (χ4n) is 1.68. The van der Waals surface area contributed by atoms with Crippen LogP contribution in [0.25, 0.3) is 0 Å². The van der Waals surface area contributed by atoms with Gasteiger partial charge in [0.05, 0.1) is 24.7 Å². The Morgan fingerprint density at radius 1 is 1.33 bits per heavy atom. The van der Waals surface area contributed by atoms with E-state index in [1.165, 1.54) is 12.1 Å². The van der Waals surface area contributed by atoms with Gasteiger partial charge < -0.3 is 10.1 Å². The van der Waals surface area contributed by atoms with Crippen molar-refractivity contribution in [2.45, 2.75) is 10.1 Å². The van der Waals surface area contributed by atoms with E-state index >= 15 is 0 Å². The first kappa shape index (κ1) is 13.2. The Morgan fingerprint density at radius 3 is 2.39 bits per heavy atom. The molecule has 5 nitrogen and oxygen atoms in total. The zero-order valence-electron chi connectivity index (χ0n) is 10.0. The molecule has 0 amide bonds. The van der Waals surface area contributed by atoms with E-state index in [2.05, 4.69) is 5.32 Å². The van der Waals surface area contributed by atoms with Crippen molar-refractivity contribution in [1.29, 1.82) is 0 Å². The number of ketones is 1. The maximum atomic E-state index is 12.0. The normalized spacial score (nSPS) is 16.3. The number of benzene rings is 1. The molecule has 0 spiro atoms. The minimum atomic E-state index is -3.31. The van der Waals surface area contributed by atoms with Crippen LogP contribution in [0.4, 0.5) is 0 Å². The molecule has 0 saturated carbocycles. The van der Waals surface area contributed by atoms with Crippen LogP contribution in [0.15, 0.2) is 29.2 Å². The predicted octanol–water partition coefficient (Wildman–Crippen LogP) is 0.261. The van der Waals surface area contributed by atoms with Gasteiger partial charge in [0.1, 0.15) is 5.25 Å². The topological polar surface area (TPSA) is 72.5 Å². The van der Waals surface area contributed by atoms with Crippen molar-refractivity contribution < 1.29 is 17.9 Å². The van der Waals surface area contributed by atoms with Gasteiger partial charge in [0.2, 0.25) is 0 Å². The third kappa shape index (κ3) is 2.45. The Balaban J connectivity index is 2.19. The van der Waals surface area contributed by atoms with Crippen LogP contribution in [0, 0.1) is 0 Å². The molecule has 0 aliphatic carbocycles. The fraction of sp³-hybridized carbons (Fsp3) is 0.417. The number of carbonyl (C=O) groups excluding carboxylic acids is 1. The third-order valence-electron chi connectivity index (χ3n) is 2.89. The van der Waals surface area contributed by atoms with E-state index in [4.69, 9.17) is 4.74 Å². The first-order valence-corrected chi connectivity index (χ1v) is 7.20. The molecule has 1 fully saturated rings. The van der Waals surface area contributed by atoms with Crippen molar-refractivity contribution in [2.75, 3.05) is 26.8 Å². The maximum Gasteiger partial charge on any atom is 0.185 e. The van der Waals surface area contributed by atoms with Crippen LogP contribution in [0.3, 0.4) is 0 Å². The summed E-state index contributed by atoms with van der Waals surface area (Å²) in [5.74, 6) is -0.0616. The lowest BCUT2D eigenvalue weighted by atomic mass is 10.1. The number of sulfone groups is 1. The molecule has 2 rings (SSSR count). The van der Waals surface area contributed by atoms with Crippen LogP contribution < -0.4 is 5.32 Å². The number of nitrogens with one attached hydrogen (secondary N) is 1. The highest BCUT2D eigenvalue weighted by molar-refractivity contribution is 7.92. The van der Waals surface area contributed by atoms with E-state index in [0.29, 0.717) is 5.56 Å². The molecule has 0 radical (unpaired) electrons. The molecule has 1 N–H and O–H groups in total. The Hall–Kier alpha value is -1.24.